The molecule has 0 saturated heterocycles. The van der Waals surface area contributed by atoms with Gasteiger partial charge in [0.05, 0.1) is 0 Å². The van der Waals surface area contributed by atoms with E-state index in [1.807, 2.05) is 32.0 Å². The number of allylic oxidation sites excluding steroid dienone is 1. The van der Waals surface area contributed by atoms with Crippen LogP contribution in [-0.4, -0.2) is 6.29 Å². The van der Waals surface area contributed by atoms with E-state index in [4.69, 9.17) is 11.6 Å². The van der Waals surface area contributed by atoms with Crippen LogP contribution in [0.25, 0.3) is 5.57 Å². The summed E-state index contributed by atoms with van der Waals surface area (Å²) in [5, 5.41) is 0.697. The van der Waals surface area contributed by atoms with E-state index in [9.17, 15) is 4.79 Å². The molecule has 80 valence electrons. The number of aldehydes is 1. The average molecular weight is 223 g/mol. The lowest BCUT2D eigenvalue weighted by Gasteiger charge is -2.11. The van der Waals surface area contributed by atoms with E-state index in [-0.39, 0.29) is 5.92 Å². The fourth-order valence-electron chi connectivity index (χ4n) is 1.42. The summed E-state index contributed by atoms with van der Waals surface area (Å²) in [4.78, 5) is 10.4. The van der Waals surface area contributed by atoms with Gasteiger partial charge in [-0.25, -0.2) is 0 Å². The van der Waals surface area contributed by atoms with E-state index in [1.54, 1.807) is 0 Å². The van der Waals surface area contributed by atoms with Crippen LogP contribution in [0, 0.1) is 0 Å². The van der Waals surface area contributed by atoms with Gasteiger partial charge < -0.3 is 4.79 Å². The number of hydrogen-bond donors (Lipinski definition) is 0. The molecular weight excluding hydrogens is 208 g/mol. The molecule has 1 rings (SSSR count). The molecule has 1 aromatic rings. The molecule has 1 unspecified atom stereocenters. The summed E-state index contributed by atoms with van der Waals surface area (Å²) >= 11 is 6.01. The Labute approximate surface area is 95.8 Å². The summed E-state index contributed by atoms with van der Waals surface area (Å²) in [5.74, 6) is 0.208. The van der Waals surface area contributed by atoms with Gasteiger partial charge in [0.2, 0.25) is 0 Å². The maximum Gasteiger partial charge on any atom is 0.120 e. The third-order valence-corrected chi connectivity index (χ3v) is 2.65. The molecule has 0 heterocycles. The summed E-state index contributed by atoms with van der Waals surface area (Å²) in [5.41, 5.74) is 3.11. The van der Waals surface area contributed by atoms with Crippen LogP contribution in [0.3, 0.4) is 0 Å². The van der Waals surface area contributed by atoms with Crippen molar-refractivity contribution in [2.45, 2.75) is 26.2 Å². The van der Waals surface area contributed by atoms with Crippen LogP contribution in [0.5, 0.6) is 0 Å². The zero-order valence-corrected chi connectivity index (χ0v) is 9.84. The zero-order chi connectivity index (χ0) is 11.4. The van der Waals surface area contributed by atoms with Gasteiger partial charge in [0.1, 0.15) is 6.29 Å². The van der Waals surface area contributed by atoms with Gasteiger partial charge in [-0.15, -0.1) is 0 Å². The van der Waals surface area contributed by atoms with Gasteiger partial charge in [0.15, 0.2) is 0 Å². The van der Waals surface area contributed by atoms with E-state index >= 15 is 0 Å². The van der Waals surface area contributed by atoms with Crippen molar-refractivity contribution in [1.82, 2.24) is 0 Å². The molecule has 0 spiro atoms. The minimum Gasteiger partial charge on any atom is -0.303 e. The van der Waals surface area contributed by atoms with Crippen LogP contribution in [0.1, 0.15) is 37.3 Å². The second-order valence-electron chi connectivity index (χ2n) is 3.86. The van der Waals surface area contributed by atoms with Gasteiger partial charge in [0, 0.05) is 11.4 Å². The lowest BCUT2D eigenvalue weighted by molar-refractivity contribution is -0.108. The highest BCUT2D eigenvalue weighted by atomic mass is 35.5. The quantitative estimate of drug-likeness (QED) is 0.702. The summed E-state index contributed by atoms with van der Waals surface area (Å²) in [6, 6.07) is 5.84. The molecule has 0 radical (unpaired) electrons. The Kier molecular flexibility index (Phi) is 4.10. The summed E-state index contributed by atoms with van der Waals surface area (Å²) in [6.07, 6.45) is 1.46. The van der Waals surface area contributed by atoms with E-state index in [1.165, 1.54) is 0 Å². The van der Waals surface area contributed by atoms with Crippen molar-refractivity contribution in [3.05, 3.63) is 40.9 Å². The van der Waals surface area contributed by atoms with Crippen molar-refractivity contribution >= 4 is 23.5 Å². The molecule has 0 aliphatic heterocycles. The molecular formula is C13H15ClO. The Morgan fingerprint density at radius 2 is 2.20 bits per heavy atom. The predicted molar refractivity (Wildman–Crippen MR) is 65.3 cm³/mol. The highest BCUT2D eigenvalue weighted by Gasteiger charge is 2.07. The molecule has 0 aliphatic carbocycles. The smallest absolute Gasteiger partial charge is 0.120 e. The standard InChI is InChI=1S/C13H15ClO/c1-9(2)11-6-12(8-13(14)7-11)10(3)4-5-15/h5-8,10H,1,4H2,2-3H3. The van der Waals surface area contributed by atoms with Crippen molar-refractivity contribution < 1.29 is 4.79 Å². The molecule has 1 atom stereocenters. The first-order valence-electron chi connectivity index (χ1n) is 4.94. The fourth-order valence-corrected chi connectivity index (χ4v) is 1.67. The minimum atomic E-state index is 0.208. The Morgan fingerprint density at radius 3 is 2.73 bits per heavy atom. The molecule has 0 fully saturated rings. The molecule has 0 amide bonds. The lowest BCUT2D eigenvalue weighted by atomic mass is 9.95. The second kappa shape index (κ2) is 5.13. The van der Waals surface area contributed by atoms with Crippen LogP contribution in [-0.2, 0) is 4.79 Å². The molecule has 0 bridgehead atoms. The van der Waals surface area contributed by atoms with Gasteiger partial charge in [-0.2, -0.15) is 0 Å². The monoisotopic (exact) mass is 222 g/mol. The zero-order valence-electron chi connectivity index (χ0n) is 9.09. The van der Waals surface area contributed by atoms with Gasteiger partial charge in [-0.05, 0) is 36.1 Å². The molecule has 0 saturated carbocycles. The van der Waals surface area contributed by atoms with Gasteiger partial charge in [-0.3, -0.25) is 0 Å². The first kappa shape index (κ1) is 12.0. The number of rotatable bonds is 4. The van der Waals surface area contributed by atoms with Crippen LogP contribution in [0.2, 0.25) is 5.02 Å². The SMILES string of the molecule is C=C(C)c1cc(Cl)cc(C(C)CC=O)c1. The molecule has 0 aromatic heterocycles. The highest BCUT2D eigenvalue weighted by molar-refractivity contribution is 6.30. The lowest BCUT2D eigenvalue weighted by Crippen LogP contribution is -1.95. The number of halogens is 1. The number of carbonyl (C=O) groups excluding carboxylic acids is 1. The summed E-state index contributed by atoms with van der Waals surface area (Å²) < 4.78 is 0. The van der Waals surface area contributed by atoms with E-state index in [0.29, 0.717) is 11.4 Å². The van der Waals surface area contributed by atoms with Crippen LogP contribution < -0.4 is 0 Å². The third kappa shape index (κ3) is 3.21. The van der Waals surface area contributed by atoms with Crippen molar-refractivity contribution in [3.63, 3.8) is 0 Å². The maximum atomic E-state index is 10.4. The van der Waals surface area contributed by atoms with Crippen LogP contribution in [0.15, 0.2) is 24.8 Å². The summed E-state index contributed by atoms with van der Waals surface area (Å²) in [7, 11) is 0. The number of carbonyl (C=O) groups is 1. The first-order valence-corrected chi connectivity index (χ1v) is 5.32. The molecule has 1 aromatic carbocycles. The molecule has 1 nitrogen and oxygen atoms in total. The molecule has 15 heavy (non-hydrogen) atoms. The van der Waals surface area contributed by atoms with Crippen LogP contribution >= 0.6 is 11.6 Å². The normalized spacial score (nSPS) is 12.2. The van der Waals surface area contributed by atoms with Crippen LogP contribution in [0.4, 0.5) is 0 Å². The molecule has 0 N–H and O–H groups in total. The highest BCUT2D eigenvalue weighted by Crippen LogP contribution is 2.26. The predicted octanol–water partition coefficient (Wildman–Crippen LogP) is 4.07. The Hall–Kier alpha value is -1.08. The Bertz CT molecular complexity index is 382. The average Bonchev–Trinajstić information content (AvgIpc) is 2.17. The number of hydrogen-bond acceptors (Lipinski definition) is 1. The second-order valence-corrected chi connectivity index (χ2v) is 4.29. The Balaban J connectivity index is 3.08. The van der Waals surface area contributed by atoms with Gasteiger partial charge in [-0.1, -0.05) is 36.7 Å². The van der Waals surface area contributed by atoms with Crippen molar-refractivity contribution in [3.8, 4) is 0 Å². The minimum absolute atomic E-state index is 0.208. The van der Waals surface area contributed by atoms with Crippen molar-refractivity contribution in [1.29, 1.82) is 0 Å². The van der Waals surface area contributed by atoms with E-state index in [2.05, 4.69) is 6.58 Å². The third-order valence-electron chi connectivity index (χ3n) is 2.43. The number of benzene rings is 1. The van der Waals surface area contributed by atoms with E-state index in [0.717, 1.165) is 23.0 Å². The maximum absolute atomic E-state index is 10.4. The molecule has 0 aliphatic rings. The fraction of sp³-hybridized carbons (Fsp3) is 0.308. The van der Waals surface area contributed by atoms with Gasteiger partial charge in [0.25, 0.3) is 0 Å². The molecule has 2 heteroatoms. The van der Waals surface area contributed by atoms with Gasteiger partial charge >= 0.3 is 0 Å². The topological polar surface area (TPSA) is 17.1 Å². The van der Waals surface area contributed by atoms with Crippen molar-refractivity contribution in [2.75, 3.05) is 0 Å². The summed E-state index contributed by atoms with van der Waals surface area (Å²) in [6.45, 7) is 7.85. The largest absolute Gasteiger partial charge is 0.303 e. The first-order chi connectivity index (χ1) is 7.04. The van der Waals surface area contributed by atoms with Crippen molar-refractivity contribution in [2.24, 2.45) is 0 Å². The van der Waals surface area contributed by atoms with E-state index < -0.39 is 0 Å². The Morgan fingerprint density at radius 1 is 1.53 bits per heavy atom.